The molecule has 1 aliphatic rings. The highest BCUT2D eigenvalue weighted by Gasteiger charge is 2.08. The SMILES string of the molecule is C[C@H]1CCCCCCC(=O)/C=C\C(=O)O1. The second-order valence-corrected chi connectivity index (χ2v) is 4.00. The summed E-state index contributed by atoms with van der Waals surface area (Å²) in [6.45, 7) is 1.89. The van der Waals surface area contributed by atoms with Crippen molar-refractivity contribution in [2.75, 3.05) is 0 Å². The standard InChI is InChI=1S/C12H18O3/c1-10-6-4-2-3-5-7-11(13)8-9-12(14)15-10/h8-10H,2-7H2,1H3/b9-8-/t10-/m0/s1. The molecular weight excluding hydrogens is 192 g/mol. The molecule has 0 aromatic heterocycles. The van der Waals surface area contributed by atoms with Crippen molar-refractivity contribution in [1.82, 2.24) is 0 Å². The molecule has 3 nitrogen and oxygen atoms in total. The van der Waals surface area contributed by atoms with E-state index in [1.54, 1.807) is 0 Å². The number of carbonyl (C=O) groups is 2. The second-order valence-electron chi connectivity index (χ2n) is 4.00. The average molecular weight is 210 g/mol. The zero-order valence-corrected chi connectivity index (χ0v) is 9.20. The molecule has 0 unspecified atom stereocenters. The van der Waals surface area contributed by atoms with Gasteiger partial charge in [-0.2, -0.15) is 0 Å². The van der Waals surface area contributed by atoms with Crippen LogP contribution >= 0.6 is 0 Å². The number of ether oxygens (including phenoxy) is 1. The summed E-state index contributed by atoms with van der Waals surface area (Å²) in [7, 11) is 0. The summed E-state index contributed by atoms with van der Waals surface area (Å²) in [5.74, 6) is -0.392. The molecule has 0 amide bonds. The Bertz CT molecular complexity index is 256. The number of cyclic esters (lactones) is 1. The minimum absolute atomic E-state index is 0.0141. The van der Waals surface area contributed by atoms with Gasteiger partial charge in [-0.05, 0) is 32.3 Å². The lowest BCUT2D eigenvalue weighted by Gasteiger charge is -2.12. The van der Waals surface area contributed by atoms with Crippen molar-refractivity contribution in [3.8, 4) is 0 Å². The Hall–Kier alpha value is -1.12. The monoisotopic (exact) mass is 210 g/mol. The van der Waals surface area contributed by atoms with Gasteiger partial charge in [0.2, 0.25) is 0 Å². The van der Waals surface area contributed by atoms with Crippen LogP contribution in [0.25, 0.3) is 0 Å². The fraction of sp³-hybridized carbons (Fsp3) is 0.667. The lowest BCUT2D eigenvalue weighted by Crippen LogP contribution is -2.13. The summed E-state index contributed by atoms with van der Waals surface area (Å²) in [5.41, 5.74) is 0. The molecule has 0 saturated carbocycles. The van der Waals surface area contributed by atoms with Crippen LogP contribution in [0.15, 0.2) is 12.2 Å². The summed E-state index contributed by atoms with van der Waals surface area (Å²) < 4.78 is 5.09. The predicted molar refractivity (Wildman–Crippen MR) is 57.4 cm³/mol. The van der Waals surface area contributed by atoms with Crippen LogP contribution in [0.1, 0.15) is 45.4 Å². The fourth-order valence-corrected chi connectivity index (χ4v) is 1.63. The molecular formula is C12H18O3. The summed E-state index contributed by atoms with van der Waals surface area (Å²) in [5, 5.41) is 0. The molecule has 0 aromatic carbocycles. The van der Waals surface area contributed by atoms with Gasteiger partial charge in [0.25, 0.3) is 0 Å². The van der Waals surface area contributed by atoms with Crippen LogP contribution in [-0.2, 0) is 14.3 Å². The zero-order chi connectivity index (χ0) is 11.1. The Balaban J connectivity index is 2.52. The first-order valence-corrected chi connectivity index (χ1v) is 5.60. The van der Waals surface area contributed by atoms with Crippen LogP contribution in [0.4, 0.5) is 0 Å². The van der Waals surface area contributed by atoms with Crippen LogP contribution in [0.5, 0.6) is 0 Å². The van der Waals surface area contributed by atoms with Gasteiger partial charge < -0.3 is 4.74 Å². The first-order chi connectivity index (χ1) is 7.18. The third-order valence-corrected chi connectivity index (χ3v) is 2.51. The molecule has 84 valence electrons. The van der Waals surface area contributed by atoms with E-state index in [2.05, 4.69) is 0 Å². The number of rotatable bonds is 0. The third-order valence-electron chi connectivity index (χ3n) is 2.51. The highest BCUT2D eigenvalue weighted by Crippen LogP contribution is 2.11. The molecule has 0 saturated heterocycles. The van der Waals surface area contributed by atoms with Gasteiger partial charge in [0.1, 0.15) is 0 Å². The van der Waals surface area contributed by atoms with Crippen molar-refractivity contribution in [3.63, 3.8) is 0 Å². The Morgan fingerprint density at radius 1 is 1.13 bits per heavy atom. The van der Waals surface area contributed by atoms with E-state index >= 15 is 0 Å². The maximum absolute atomic E-state index is 11.2. The smallest absolute Gasteiger partial charge is 0.331 e. The molecule has 1 rings (SSSR count). The van der Waals surface area contributed by atoms with Crippen molar-refractivity contribution >= 4 is 11.8 Å². The van der Waals surface area contributed by atoms with E-state index < -0.39 is 5.97 Å². The molecule has 0 spiro atoms. The lowest BCUT2D eigenvalue weighted by molar-refractivity contribution is -0.142. The molecule has 1 aliphatic heterocycles. The van der Waals surface area contributed by atoms with Gasteiger partial charge in [0.15, 0.2) is 5.78 Å². The van der Waals surface area contributed by atoms with Crippen LogP contribution in [0, 0.1) is 0 Å². The van der Waals surface area contributed by atoms with Crippen molar-refractivity contribution < 1.29 is 14.3 Å². The van der Waals surface area contributed by atoms with Crippen molar-refractivity contribution in [3.05, 3.63) is 12.2 Å². The molecule has 0 aliphatic carbocycles. The third kappa shape index (κ3) is 5.35. The minimum Gasteiger partial charge on any atom is -0.460 e. The largest absolute Gasteiger partial charge is 0.460 e. The molecule has 1 atom stereocenters. The topological polar surface area (TPSA) is 43.4 Å². The van der Waals surface area contributed by atoms with Gasteiger partial charge >= 0.3 is 5.97 Å². The highest BCUT2D eigenvalue weighted by atomic mass is 16.5. The van der Waals surface area contributed by atoms with Crippen LogP contribution < -0.4 is 0 Å². The quantitative estimate of drug-likeness (QED) is 0.576. The van der Waals surface area contributed by atoms with Crippen LogP contribution in [-0.4, -0.2) is 17.9 Å². The number of carbonyl (C=O) groups excluding carboxylic acids is 2. The van der Waals surface area contributed by atoms with E-state index in [1.807, 2.05) is 6.92 Å². The van der Waals surface area contributed by atoms with Crippen molar-refractivity contribution in [1.29, 1.82) is 0 Å². The van der Waals surface area contributed by atoms with E-state index in [9.17, 15) is 9.59 Å². The Morgan fingerprint density at radius 2 is 1.87 bits per heavy atom. The van der Waals surface area contributed by atoms with E-state index in [0.29, 0.717) is 6.42 Å². The molecule has 0 radical (unpaired) electrons. The number of esters is 1. The number of ketones is 1. The summed E-state index contributed by atoms with van der Waals surface area (Å²) in [4.78, 5) is 22.4. The zero-order valence-electron chi connectivity index (χ0n) is 9.20. The van der Waals surface area contributed by atoms with E-state index in [0.717, 1.165) is 32.1 Å². The van der Waals surface area contributed by atoms with Gasteiger partial charge in [0.05, 0.1) is 6.10 Å². The number of allylic oxidation sites excluding steroid dienone is 1. The van der Waals surface area contributed by atoms with Crippen molar-refractivity contribution in [2.24, 2.45) is 0 Å². The average Bonchev–Trinajstić information content (AvgIpc) is 2.18. The van der Waals surface area contributed by atoms with Gasteiger partial charge in [-0.3, -0.25) is 4.79 Å². The van der Waals surface area contributed by atoms with Gasteiger partial charge in [-0.1, -0.05) is 12.8 Å². The van der Waals surface area contributed by atoms with Gasteiger partial charge in [-0.25, -0.2) is 4.79 Å². The van der Waals surface area contributed by atoms with Gasteiger partial charge in [0, 0.05) is 12.5 Å². The van der Waals surface area contributed by atoms with Gasteiger partial charge in [-0.15, -0.1) is 0 Å². The molecule has 3 heteroatoms. The normalized spacial score (nSPS) is 27.4. The van der Waals surface area contributed by atoms with E-state index in [4.69, 9.17) is 4.74 Å². The first-order valence-electron chi connectivity index (χ1n) is 5.60. The second kappa shape index (κ2) is 6.38. The van der Waals surface area contributed by atoms with E-state index in [-0.39, 0.29) is 11.9 Å². The van der Waals surface area contributed by atoms with Crippen LogP contribution in [0.3, 0.4) is 0 Å². The minimum atomic E-state index is -0.406. The molecule has 15 heavy (non-hydrogen) atoms. The fourth-order valence-electron chi connectivity index (χ4n) is 1.63. The predicted octanol–water partition coefficient (Wildman–Crippen LogP) is 2.40. The maximum Gasteiger partial charge on any atom is 0.331 e. The first kappa shape index (κ1) is 12.0. The Kier molecular flexibility index (Phi) is 5.08. The Labute approximate surface area is 90.5 Å². The maximum atomic E-state index is 11.2. The molecule has 0 bridgehead atoms. The summed E-state index contributed by atoms with van der Waals surface area (Å²) >= 11 is 0. The number of hydrogen-bond acceptors (Lipinski definition) is 3. The summed E-state index contributed by atoms with van der Waals surface area (Å²) in [6, 6.07) is 0. The molecule has 0 N–H and O–H groups in total. The van der Waals surface area contributed by atoms with Crippen molar-refractivity contribution in [2.45, 2.75) is 51.6 Å². The molecule has 0 aromatic rings. The van der Waals surface area contributed by atoms with E-state index in [1.165, 1.54) is 12.2 Å². The molecule has 1 heterocycles. The van der Waals surface area contributed by atoms with Crippen LogP contribution in [0.2, 0.25) is 0 Å². The number of hydrogen-bond donors (Lipinski definition) is 0. The Morgan fingerprint density at radius 3 is 2.67 bits per heavy atom. The summed E-state index contributed by atoms with van der Waals surface area (Å²) in [6.07, 6.45) is 8.15. The lowest BCUT2D eigenvalue weighted by atomic mass is 10.1. The highest BCUT2D eigenvalue weighted by molar-refractivity contribution is 5.95. The molecule has 0 fully saturated rings.